The van der Waals surface area contributed by atoms with E-state index in [-0.39, 0.29) is 0 Å². The monoisotopic (exact) mass is 236 g/mol. The number of likely N-dealkylation sites (tertiary alicyclic amines) is 1. The van der Waals surface area contributed by atoms with Crippen LogP contribution in [-0.2, 0) is 0 Å². The fourth-order valence-corrected chi connectivity index (χ4v) is 2.37. The number of nitrogens with zero attached hydrogens (tertiary/aromatic N) is 2. The van der Waals surface area contributed by atoms with E-state index in [0.717, 1.165) is 5.76 Å². The SMILES string of the molecule is CC(C)(C)CCN1CCC(c2ccno2)CC1. The molecule has 0 bridgehead atoms. The van der Waals surface area contributed by atoms with Crippen LogP contribution >= 0.6 is 0 Å². The average molecular weight is 236 g/mol. The summed E-state index contributed by atoms with van der Waals surface area (Å²) in [5.74, 6) is 1.66. The van der Waals surface area contributed by atoms with Crippen molar-refractivity contribution >= 4 is 0 Å². The molecule has 0 N–H and O–H groups in total. The zero-order valence-electron chi connectivity index (χ0n) is 11.3. The van der Waals surface area contributed by atoms with Gasteiger partial charge < -0.3 is 9.42 Å². The summed E-state index contributed by atoms with van der Waals surface area (Å²) in [7, 11) is 0. The van der Waals surface area contributed by atoms with E-state index >= 15 is 0 Å². The minimum Gasteiger partial charge on any atom is -0.361 e. The Morgan fingerprint density at radius 1 is 1.35 bits per heavy atom. The van der Waals surface area contributed by atoms with Crippen LogP contribution in [0.3, 0.4) is 0 Å². The lowest BCUT2D eigenvalue weighted by Crippen LogP contribution is -2.35. The predicted octanol–water partition coefficient (Wildman–Crippen LogP) is 3.29. The predicted molar refractivity (Wildman–Crippen MR) is 69.0 cm³/mol. The smallest absolute Gasteiger partial charge is 0.139 e. The standard InChI is InChI=1S/C14H24N2O/c1-14(2,3)7-11-16-9-5-12(6-10-16)13-4-8-15-17-13/h4,8,12H,5-7,9-11H2,1-3H3. The maximum absolute atomic E-state index is 5.25. The van der Waals surface area contributed by atoms with Gasteiger partial charge in [-0.25, -0.2) is 0 Å². The van der Waals surface area contributed by atoms with Gasteiger partial charge in [-0.3, -0.25) is 0 Å². The molecular formula is C14H24N2O. The lowest BCUT2D eigenvalue weighted by molar-refractivity contribution is 0.174. The van der Waals surface area contributed by atoms with E-state index in [1.165, 1.54) is 38.9 Å². The molecule has 2 heterocycles. The molecule has 2 rings (SSSR count). The van der Waals surface area contributed by atoms with Crippen LogP contribution in [-0.4, -0.2) is 29.7 Å². The molecule has 0 saturated carbocycles. The maximum atomic E-state index is 5.25. The van der Waals surface area contributed by atoms with Crippen molar-refractivity contribution in [3.8, 4) is 0 Å². The first-order valence-corrected chi connectivity index (χ1v) is 6.67. The maximum Gasteiger partial charge on any atom is 0.139 e. The highest BCUT2D eigenvalue weighted by molar-refractivity contribution is 5.03. The van der Waals surface area contributed by atoms with Crippen LogP contribution in [0.15, 0.2) is 16.8 Å². The normalized spacial score (nSPS) is 19.7. The summed E-state index contributed by atoms with van der Waals surface area (Å²) in [4.78, 5) is 2.58. The van der Waals surface area contributed by atoms with Gasteiger partial charge in [0.15, 0.2) is 0 Å². The van der Waals surface area contributed by atoms with Gasteiger partial charge in [-0.1, -0.05) is 25.9 Å². The summed E-state index contributed by atoms with van der Waals surface area (Å²) in [6, 6.07) is 2.01. The van der Waals surface area contributed by atoms with Crippen LogP contribution in [0.1, 0.15) is 51.7 Å². The quantitative estimate of drug-likeness (QED) is 0.806. The number of hydrogen-bond acceptors (Lipinski definition) is 3. The van der Waals surface area contributed by atoms with E-state index in [1.807, 2.05) is 6.07 Å². The van der Waals surface area contributed by atoms with Crippen molar-refractivity contribution in [2.45, 2.75) is 46.0 Å². The molecule has 3 nitrogen and oxygen atoms in total. The van der Waals surface area contributed by atoms with Crippen LogP contribution < -0.4 is 0 Å². The van der Waals surface area contributed by atoms with Gasteiger partial charge in [-0.05, 0) is 44.3 Å². The Balaban J connectivity index is 1.75. The van der Waals surface area contributed by atoms with Crippen molar-refractivity contribution in [1.29, 1.82) is 0 Å². The van der Waals surface area contributed by atoms with Crippen molar-refractivity contribution in [2.24, 2.45) is 5.41 Å². The second kappa shape index (κ2) is 5.21. The molecule has 0 unspecified atom stereocenters. The molecule has 0 aromatic carbocycles. The number of rotatable bonds is 3. The Hall–Kier alpha value is -0.830. The lowest BCUT2D eigenvalue weighted by atomic mass is 9.90. The zero-order valence-corrected chi connectivity index (χ0v) is 11.3. The molecule has 1 aromatic rings. The minimum absolute atomic E-state index is 0.446. The van der Waals surface area contributed by atoms with Crippen molar-refractivity contribution in [1.82, 2.24) is 10.1 Å². The summed E-state index contributed by atoms with van der Waals surface area (Å²) < 4.78 is 5.25. The van der Waals surface area contributed by atoms with Crippen LogP contribution in [0.2, 0.25) is 0 Å². The molecule has 0 aliphatic carbocycles. The molecule has 0 radical (unpaired) electrons. The third-order valence-electron chi connectivity index (χ3n) is 3.63. The molecule has 96 valence electrons. The molecular weight excluding hydrogens is 212 g/mol. The molecule has 1 fully saturated rings. The van der Waals surface area contributed by atoms with E-state index < -0.39 is 0 Å². The van der Waals surface area contributed by atoms with Crippen molar-refractivity contribution in [3.63, 3.8) is 0 Å². The molecule has 1 saturated heterocycles. The number of piperidine rings is 1. The van der Waals surface area contributed by atoms with Gasteiger partial charge in [0.1, 0.15) is 5.76 Å². The highest BCUT2D eigenvalue weighted by Crippen LogP contribution is 2.28. The second-order valence-electron chi connectivity index (χ2n) is 6.34. The summed E-state index contributed by atoms with van der Waals surface area (Å²) in [6.07, 6.45) is 5.44. The van der Waals surface area contributed by atoms with Crippen molar-refractivity contribution in [3.05, 3.63) is 18.0 Å². The molecule has 0 amide bonds. The molecule has 1 aromatic heterocycles. The van der Waals surface area contributed by atoms with E-state index in [4.69, 9.17) is 4.52 Å². The van der Waals surface area contributed by atoms with E-state index in [0.29, 0.717) is 11.3 Å². The first-order chi connectivity index (χ1) is 8.04. The molecule has 17 heavy (non-hydrogen) atoms. The first-order valence-electron chi connectivity index (χ1n) is 6.67. The Labute approximate surface area is 104 Å². The van der Waals surface area contributed by atoms with Crippen LogP contribution in [0, 0.1) is 5.41 Å². The van der Waals surface area contributed by atoms with E-state index in [9.17, 15) is 0 Å². The van der Waals surface area contributed by atoms with Gasteiger partial charge in [0.05, 0.1) is 6.20 Å². The van der Waals surface area contributed by atoms with Gasteiger partial charge in [-0.2, -0.15) is 0 Å². The first kappa shape index (κ1) is 12.6. The van der Waals surface area contributed by atoms with Gasteiger partial charge in [0.2, 0.25) is 0 Å². The largest absolute Gasteiger partial charge is 0.361 e. The topological polar surface area (TPSA) is 29.3 Å². The Morgan fingerprint density at radius 3 is 2.59 bits per heavy atom. The van der Waals surface area contributed by atoms with Crippen LogP contribution in [0.25, 0.3) is 0 Å². The third-order valence-corrected chi connectivity index (χ3v) is 3.63. The fraction of sp³-hybridized carbons (Fsp3) is 0.786. The Morgan fingerprint density at radius 2 is 2.06 bits per heavy atom. The number of hydrogen-bond donors (Lipinski definition) is 0. The van der Waals surface area contributed by atoms with Crippen molar-refractivity contribution < 1.29 is 4.52 Å². The van der Waals surface area contributed by atoms with Gasteiger partial charge >= 0.3 is 0 Å². The Kier molecular flexibility index (Phi) is 3.87. The molecule has 0 atom stereocenters. The zero-order chi connectivity index (χ0) is 12.3. The van der Waals surface area contributed by atoms with E-state index in [1.54, 1.807) is 6.20 Å². The van der Waals surface area contributed by atoms with Gasteiger partial charge in [-0.15, -0.1) is 0 Å². The number of aromatic nitrogens is 1. The minimum atomic E-state index is 0.446. The fourth-order valence-electron chi connectivity index (χ4n) is 2.37. The second-order valence-corrected chi connectivity index (χ2v) is 6.34. The molecule has 1 aliphatic heterocycles. The average Bonchev–Trinajstić information content (AvgIpc) is 2.79. The van der Waals surface area contributed by atoms with Crippen molar-refractivity contribution in [2.75, 3.05) is 19.6 Å². The highest BCUT2D eigenvalue weighted by atomic mass is 16.5. The Bertz CT molecular complexity index is 318. The van der Waals surface area contributed by atoms with Crippen LogP contribution in [0.5, 0.6) is 0 Å². The summed E-state index contributed by atoms with van der Waals surface area (Å²) in [6.45, 7) is 10.6. The summed E-state index contributed by atoms with van der Waals surface area (Å²) in [5.41, 5.74) is 0.446. The molecule has 0 spiro atoms. The van der Waals surface area contributed by atoms with Gasteiger partial charge in [0.25, 0.3) is 0 Å². The summed E-state index contributed by atoms with van der Waals surface area (Å²) in [5, 5.41) is 3.80. The van der Waals surface area contributed by atoms with E-state index in [2.05, 4.69) is 30.8 Å². The highest BCUT2D eigenvalue weighted by Gasteiger charge is 2.23. The summed E-state index contributed by atoms with van der Waals surface area (Å²) >= 11 is 0. The van der Waals surface area contributed by atoms with Gasteiger partial charge in [0, 0.05) is 12.0 Å². The lowest BCUT2D eigenvalue weighted by Gasteiger charge is -2.32. The molecule has 3 heteroatoms. The van der Waals surface area contributed by atoms with Crippen LogP contribution in [0.4, 0.5) is 0 Å². The molecule has 1 aliphatic rings. The third kappa shape index (κ3) is 3.84.